The number of hydrogen-bond donors (Lipinski definition) is 1. The Balaban J connectivity index is 1.54. The van der Waals surface area contributed by atoms with E-state index in [0.29, 0.717) is 16.6 Å². The van der Waals surface area contributed by atoms with Crippen LogP contribution in [0.25, 0.3) is 0 Å². The van der Waals surface area contributed by atoms with E-state index in [0.717, 1.165) is 43.6 Å². The van der Waals surface area contributed by atoms with Gasteiger partial charge in [-0.1, -0.05) is 59.1 Å². The van der Waals surface area contributed by atoms with Crippen LogP contribution in [-0.2, 0) is 17.9 Å². The summed E-state index contributed by atoms with van der Waals surface area (Å²) in [5, 5.41) is 4.42. The minimum absolute atomic E-state index is 0.0274. The Morgan fingerprint density at radius 1 is 1.23 bits per heavy atom. The third-order valence-corrected chi connectivity index (χ3v) is 5.42. The summed E-state index contributed by atoms with van der Waals surface area (Å²) in [6.07, 6.45) is 1.96. The zero-order chi connectivity index (χ0) is 18.5. The second kappa shape index (κ2) is 8.90. The highest BCUT2D eigenvalue weighted by molar-refractivity contribution is 6.35. The molecule has 0 saturated carbocycles. The van der Waals surface area contributed by atoms with Crippen molar-refractivity contribution in [2.75, 3.05) is 13.1 Å². The van der Waals surface area contributed by atoms with Crippen molar-refractivity contribution in [3.63, 3.8) is 0 Å². The number of hydrogen-bond acceptors (Lipinski definition) is 2. The lowest BCUT2D eigenvalue weighted by Gasteiger charge is -2.32. The summed E-state index contributed by atoms with van der Waals surface area (Å²) < 4.78 is 0. The van der Waals surface area contributed by atoms with Crippen molar-refractivity contribution >= 4 is 29.1 Å². The van der Waals surface area contributed by atoms with Gasteiger partial charge < -0.3 is 5.32 Å². The van der Waals surface area contributed by atoms with E-state index in [2.05, 4.69) is 29.3 Å². The normalized spacial score (nSPS) is 17.9. The van der Waals surface area contributed by atoms with Crippen LogP contribution in [-0.4, -0.2) is 23.9 Å². The molecule has 0 aromatic heterocycles. The first-order chi connectivity index (χ1) is 12.5. The van der Waals surface area contributed by atoms with Crippen molar-refractivity contribution in [3.05, 3.63) is 69.2 Å². The molecule has 1 atom stereocenters. The molecule has 1 aliphatic rings. The molecule has 1 saturated heterocycles. The first-order valence-electron chi connectivity index (χ1n) is 9.01. The second-order valence-corrected chi connectivity index (χ2v) is 7.86. The van der Waals surface area contributed by atoms with E-state index in [1.54, 1.807) is 6.07 Å². The zero-order valence-electron chi connectivity index (χ0n) is 15.0. The van der Waals surface area contributed by atoms with Crippen LogP contribution in [0.2, 0.25) is 10.0 Å². The summed E-state index contributed by atoms with van der Waals surface area (Å²) in [4.78, 5) is 14.9. The van der Waals surface area contributed by atoms with E-state index in [1.165, 1.54) is 5.56 Å². The van der Waals surface area contributed by atoms with Crippen LogP contribution < -0.4 is 5.32 Å². The Kier molecular flexibility index (Phi) is 6.58. The lowest BCUT2D eigenvalue weighted by Crippen LogP contribution is -2.42. The summed E-state index contributed by atoms with van der Waals surface area (Å²) in [5.74, 6) is 0.165. The fourth-order valence-electron chi connectivity index (χ4n) is 3.46. The van der Waals surface area contributed by atoms with E-state index in [-0.39, 0.29) is 11.8 Å². The topological polar surface area (TPSA) is 32.3 Å². The number of halogens is 2. The van der Waals surface area contributed by atoms with Crippen molar-refractivity contribution in [3.8, 4) is 0 Å². The van der Waals surface area contributed by atoms with Gasteiger partial charge in [-0.2, -0.15) is 0 Å². The Morgan fingerprint density at radius 2 is 2.08 bits per heavy atom. The molecule has 2 aromatic rings. The number of piperidine rings is 1. The molecule has 5 heteroatoms. The molecule has 1 N–H and O–H groups in total. The first-order valence-corrected chi connectivity index (χ1v) is 9.76. The number of likely N-dealkylation sites (tertiary alicyclic amines) is 1. The van der Waals surface area contributed by atoms with Gasteiger partial charge in [-0.15, -0.1) is 0 Å². The molecule has 3 nitrogen and oxygen atoms in total. The van der Waals surface area contributed by atoms with Crippen LogP contribution in [0, 0.1) is 12.8 Å². The number of benzene rings is 2. The van der Waals surface area contributed by atoms with E-state index in [4.69, 9.17) is 23.2 Å². The standard InChI is InChI=1S/C21H24Cl2N2O/c1-15-4-2-5-16(10-15)12-24-21(26)18-6-3-9-25(14-18)13-17-7-8-19(22)11-20(17)23/h2,4-5,7-8,10-11,18H,3,6,9,12-14H2,1H3,(H,24,26). The van der Waals surface area contributed by atoms with Crippen LogP contribution >= 0.6 is 23.2 Å². The first kappa shape index (κ1) is 19.2. The Hall–Kier alpha value is -1.55. The molecular formula is C21H24Cl2N2O. The summed E-state index contributed by atoms with van der Waals surface area (Å²) in [5.41, 5.74) is 3.40. The van der Waals surface area contributed by atoms with Crippen LogP contribution in [0.15, 0.2) is 42.5 Å². The zero-order valence-corrected chi connectivity index (χ0v) is 16.5. The number of aryl methyl sites for hydroxylation is 1. The average Bonchev–Trinajstić information content (AvgIpc) is 2.62. The van der Waals surface area contributed by atoms with Crippen LogP contribution in [0.1, 0.15) is 29.5 Å². The summed E-state index contributed by atoms with van der Waals surface area (Å²) in [7, 11) is 0. The molecule has 0 radical (unpaired) electrons. The molecule has 138 valence electrons. The third-order valence-electron chi connectivity index (χ3n) is 4.83. The van der Waals surface area contributed by atoms with Gasteiger partial charge in [0.25, 0.3) is 0 Å². The number of rotatable bonds is 5. The fourth-order valence-corrected chi connectivity index (χ4v) is 3.93. The predicted molar refractivity (Wildman–Crippen MR) is 107 cm³/mol. The van der Waals surface area contributed by atoms with Gasteiger partial charge in [-0.3, -0.25) is 9.69 Å². The number of carbonyl (C=O) groups excluding carboxylic acids is 1. The minimum Gasteiger partial charge on any atom is -0.352 e. The molecule has 1 fully saturated rings. The molecule has 0 bridgehead atoms. The van der Waals surface area contributed by atoms with Gasteiger partial charge in [0.15, 0.2) is 0 Å². The summed E-state index contributed by atoms with van der Waals surface area (Å²) in [6.45, 7) is 5.14. The van der Waals surface area contributed by atoms with Crippen molar-refractivity contribution < 1.29 is 4.79 Å². The van der Waals surface area contributed by atoms with Gasteiger partial charge in [0.2, 0.25) is 5.91 Å². The van der Waals surface area contributed by atoms with E-state index >= 15 is 0 Å². The molecule has 26 heavy (non-hydrogen) atoms. The maximum Gasteiger partial charge on any atom is 0.224 e. The van der Waals surface area contributed by atoms with Gasteiger partial charge in [-0.05, 0) is 49.6 Å². The molecular weight excluding hydrogens is 367 g/mol. The minimum atomic E-state index is 0.0274. The molecule has 1 heterocycles. The van der Waals surface area contributed by atoms with Crippen molar-refractivity contribution in [1.82, 2.24) is 10.2 Å². The SMILES string of the molecule is Cc1cccc(CNC(=O)C2CCCN(Cc3ccc(Cl)cc3Cl)C2)c1. The lowest BCUT2D eigenvalue weighted by molar-refractivity contribution is -0.126. The number of nitrogens with one attached hydrogen (secondary N) is 1. The Bertz CT molecular complexity index is 778. The van der Waals surface area contributed by atoms with Gasteiger partial charge in [0.1, 0.15) is 0 Å². The molecule has 1 unspecified atom stereocenters. The number of amides is 1. The average molecular weight is 391 g/mol. The van der Waals surface area contributed by atoms with Gasteiger partial charge in [-0.25, -0.2) is 0 Å². The third kappa shape index (κ3) is 5.23. The van der Waals surface area contributed by atoms with E-state index in [1.807, 2.05) is 24.3 Å². The van der Waals surface area contributed by atoms with Crippen LogP contribution in [0.3, 0.4) is 0 Å². The van der Waals surface area contributed by atoms with Crippen LogP contribution in [0.4, 0.5) is 0 Å². The molecule has 3 rings (SSSR count). The van der Waals surface area contributed by atoms with Crippen molar-refractivity contribution in [2.45, 2.75) is 32.9 Å². The summed E-state index contributed by atoms with van der Waals surface area (Å²) >= 11 is 12.3. The highest BCUT2D eigenvalue weighted by Gasteiger charge is 2.26. The van der Waals surface area contributed by atoms with Crippen LogP contribution in [0.5, 0.6) is 0 Å². The highest BCUT2D eigenvalue weighted by Crippen LogP contribution is 2.25. The molecule has 1 amide bonds. The Morgan fingerprint density at radius 3 is 2.85 bits per heavy atom. The number of nitrogens with zero attached hydrogens (tertiary/aromatic N) is 1. The predicted octanol–water partition coefficient (Wildman–Crippen LogP) is 4.83. The van der Waals surface area contributed by atoms with Gasteiger partial charge >= 0.3 is 0 Å². The van der Waals surface area contributed by atoms with E-state index < -0.39 is 0 Å². The highest BCUT2D eigenvalue weighted by atomic mass is 35.5. The molecule has 2 aromatic carbocycles. The molecule has 1 aliphatic heterocycles. The molecule has 0 spiro atoms. The largest absolute Gasteiger partial charge is 0.352 e. The monoisotopic (exact) mass is 390 g/mol. The second-order valence-electron chi connectivity index (χ2n) is 7.02. The smallest absolute Gasteiger partial charge is 0.224 e. The summed E-state index contributed by atoms with van der Waals surface area (Å²) in [6, 6.07) is 13.8. The maximum absolute atomic E-state index is 12.6. The quantitative estimate of drug-likeness (QED) is 0.792. The van der Waals surface area contributed by atoms with Crippen molar-refractivity contribution in [1.29, 1.82) is 0 Å². The maximum atomic E-state index is 12.6. The molecule has 0 aliphatic carbocycles. The van der Waals surface area contributed by atoms with E-state index in [9.17, 15) is 4.79 Å². The van der Waals surface area contributed by atoms with Crippen molar-refractivity contribution in [2.24, 2.45) is 5.92 Å². The van der Waals surface area contributed by atoms with Gasteiger partial charge in [0.05, 0.1) is 5.92 Å². The van der Waals surface area contributed by atoms with Gasteiger partial charge in [0, 0.05) is 29.7 Å². The number of carbonyl (C=O) groups is 1. The fraction of sp³-hybridized carbons (Fsp3) is 0.381. The lowest BCUT2D eigenvalue weighted by atomic mass is 9.96. The Labute approximate surface area is 165 Å².